The van der Waals surface area contributed by atoms with E-state index in [0.717, 1.165) is 19.5 Å². The summed E-state index contributed by atoms with van der Waals surface area (Å²) in [6.07, 6.45) is 7.60. The maximum absolute atomic E-state index is 4.14. The zero-order chi connectivity index (χ0) is 14.5. The van der Waals surface area contributed by atoms with Crippen molar-refractivity contribution in [3.05, 3.63) is 6.92 Å². The summed E-state index contributed by atoms with van der Waals surface area (Å²) in [4.78, 5) is 5.23. The summed E-state index contributed by atoms with van der Waals surface area (Å²) in [5, 5.41) is 0. The van der Waals surface area contributed by atoms with Crippen LogP contribution in [0.1, 0.15) is 66.2 Å². The fraction of sp³-hybridized carbons (Fsp3) is 0.941. The lowest BCUT2D eigenvalue weighted by atomic mass is 10.1. The molecule has 19 heavy (non-hydrogen) atoms. The van der Waals surface area contributed by atoms with Gasteiger partial charge in [-0.15, -0.1) is 0 Å². The fourth-order valence-electron chi connectivity index (χ4n) is 2.68. The molecule has 1 radical (unpaired) electrons. The molecule has 0 amide bonds. The molecule has 0 aromatic rings. The highest BCUT2D eigenvalue weighted by Gasteiger charge is 2.15. The zero-order valence-electron chi connectivity index (χ0n) is 14.0. The smallest absolute Gasteiger partial charge is 0.0107 e. The van der Waals surface area contributed by atoms with Crippen molar-refractivity contribution in [2.45, 2.75) is 72.3 Å². The Bertz CT molecular complexity index is 170. The Hall–Kier alpha value is -0.0800. The van der Waals surface area contributed by atoms with Crippen LogP contribution >= 0.6 is 0 Å². The van der Waals surface area contributed by atoms with Crippen molar-refractivity contribution in [3.63, 3.8) is 0 Å². The molecule has 0 N–H and O–H groups in total. The van der Waals surface area contributed by atoms with Crippen molar-refractivity contribution in [2.75, 3.05) is 32.7 Å². The minimum Gasteiger partial charge on any atom is -0.303 e. The topological polar surface area (TPSA) is 6.48 Å². The lowest BCUT2D eigenvalue weighted by Gasteiger charge is -2.31. The second-order valence-electron chi connectivity index (χ2n) is 5.50. The van der Waals surface area contributed by atoms with Gasteiger partial charge in [0.25, 0.3) is 0 Å². The van der Waals surface area contributed by atoms with Crippen LogP contribution in [0.25, 0.3) is 0 Å². The summed E-state index contributed by atoms with van der Waals surface area (Å²) in [5.74, 6) is 0. The van der Waals surface area contributed by atoms with Gasteiger partial charge in [-0.25, -0.2) is 0 Å². The first-order valence-electron chi connectivity index (χ1n) is 8.48. The molecule has 0 aromatic heterocycles. The number of hydrogen-bond acceptors (Lipinski definition) is 2. The first-order chi connectivity index (χ1) is 9.23. The molecule has 0 aliphatic rings. The Morgan fingerprint density at radius 1 is 0.842 bits per heavy atom. The third-order valence-electron chi connectivity index (χ3n) is 4.10. The van der Waals surface area contributed by atoms with Crippen molar-refractivity contribution in [1.82, 2.24) is 9.80 Å². The van der Waals surface area contributed by atoms with Crippen molar-refractivity contribution in [2.24, 2.45) is 0 Å². The first-order valence-corrected chi connectivity index (χ1v) is 8.48. The third-order valence-corrected chi connectivity index (χ3v) is 4.10. The van der Waals surface area contributed by atoms with Gasteiger partial charge in [-0.2, -0.15) is 0 Å². The molecule has 0 bridgehead atoms. The minimum absolute atomic E-state index is 0.667. The van der Waals surface area contributed by atoms with E-state index < -0.39 is 0 Å². The van der Waals surface area contributed by atoms with Crippen LogP contribution in [0.2, 0.25) is 0 Å². The molecule has 0 rings (SSSR count). The highest BCUT2D eigenvalue weighted by Crippen LogP contribution is 2.10. The molecule has 0 aromatic carbocycles. The van der Waals surface area contributed by atoms with Crippen molar-refractivity contribution >= 4 is 0 Å². The monoisotopic (exact) mass is 269 g/mol. The van der Waals surface area contributed by atoms with Crippen LogP contribution in [0.5, 0.6) is 0 Å². The Kier molecular flexibility index (Phi) is 12.9. The molecule has 0 heterocycles. The normalized spacial score (nSPS) is 13.4. The lowest BCUT2D eigenvalue weighted by molar-refractivity contribution is 0.174. The fourth-order valence-corrected chi connectivity index (χ4v) is 2.68. The summed E-state index contributed by atoms with van der Waals surface area (Å²) in [6, 6.07) is 0.667. The molecule has 1 unspecified atom stereocenters. The molecule has 0 aliphatic carbocycles. The van der Waals surface area contributed by atoms with Crippen molar-refractivity contribution < 1.29 is 0 Å². The molecule has 0 saturated carbocycles. The predicted octanol–water partition coefficient (Wildman–Crippen LogP) is 4.21. The minimum atomic E-state index is 0.667. The lowest BCUT2D eigenvalue weighted by Crippen LogP contribution is -2.38. The van der Waals surface area contributed by atoms with Gasteiger partial charge in [0.05, 0.1) is 0 Å². The zero-order valence-corrected chi connectivity index (χ0v) is 14.0. The molecule has 0 aliphatic heterocycles. The molecule has 2 nitrogen and oxygen atoms in total. The Morgan fingerprint density at radius 3 is 1.74 bits per heavy atom. The second-order valence-corrected chi connectivity index (χ2v) is 5.50. The predicted molar refractivity (Wildman–Crippen MR) is 87.6 cm³/mol. The van der Waals surface area contributed by atoms with Gasteiger partial charge in [0.2, 0.25) is 0 Å². The van der Waals surface area contributed by atoms with E-state index in [2.05, 4.69) is 44.4 Å². The van der Waals surface area contributed by atoms with Crippen molar-refractivity contribution in [3.8, 4) is 0 Å². The van der Waals surface area contributed by atoms with Crippen molar-refractivity contribution in [1.29, 1.82) is 0 Å². The van der Waals surface area contributed by atoms with E-state index >= 15 is 0 Å². The average molecular weight is 269 g/mol. The molecular weight excluding hydrogens is 232 g/mol. The van der Waals surface area contributed by atoms with Gasteiger partial charge >= 0.3 is 0 Å². The Labute approximate surface area is 122 Å². The largest absolute Gasteiger partial charge is 0.303 e. The third kappa shape index (κ3) is 8.65. The number of unbranched alkanes of at least 4 members (excludes halogenated alkanes) is 2. The second kappa shape index (κ2) is 12.9. The highest BCUT2D eigenvalue weighted by molar-refractivity contribution is 4.73. The number of hydrogen-bond donors (Lipinski definition) is 0. The van der Waals surface area contributed by atoms with Gasteiger partial charge in [0, 0.05) is 6.04 Å². The maximum atomic E-state index is 4.14. The molecule has 2 heteroatoms. The molecular formula is C17H37N2. The molecule has 0 spiro atoms. The average Bonchev–Trinajstić information content (AvgIpc) is 2.45. The summed E-state index contributed by atoms with van der Waals surface area (Å²) < 4.78 is 0. The van der Waals surface area contributed by atoms with E-state index in [1.54, 1.807) is 0 Å². The molecule has 0 fully saturated rings. The van der Waals surface area contributed by atoms with E-state index in [9.17, 15) is 0 Å². The molecule has 0 saturated heterocycles. The van der Waals surface area contributed by atoms with Crippen LogP contribution < -0.4 is 0 Å². The SMILES string of the molecule is [CH2]CC(CCN(CCCC)CCCC)N(CC)CC. The summed E-state index contributed by atoms with van der Waals surface area (Å²) in [6.45, 7) is 19.3. The standard InChI is InChI=1S/C17H37N2/c1-6-11-14-18(15-12-7-2)16-13-17(8-3)19(9-4)10-5/h17H,3,6-16H2,1-2,4-5H3. The van der Waals surface area contributed by atoms with E-state index in [4.69, 9.17) is 0 Å². The van der Waals surface area contributed by atoms with Crippen LogP contribution in [0.3, 0.4) is 0 Å². The van der Waals surface area contributed by atoms with Gasteiger partial charge in [0.1, 0.15) is 0 Å². The van der Waals surface area contributed by atoms with Gasteiger partial charge in [-0.3, -0.25) is 0 Å². The maximum Gasteiger partial charge on any atom is 0.0107 e. The number of nitrogens with zero attached hydrogens (tertiary/aromatic N) is 2. The van der Waals surface area contributed by atoms with Gasteiger partial charge in [-0.05, 0) is 58.4 Å². The first kappa shape index (κ1) is 18.9. The highest BCUT2D eigenvalue weighted by atomic mass is 15.2. The van der Waals surface area contributed by atoms with Crippen LogP contribution in [0, 0.1) is 6.92 Å². The number of rotatable bonds is 13. The van der Waals surface area contributed by atoms with Crippen LogP contribution in [0.15, 0.2) is 0 Å². The molecule has 115 valence electrons. The van der Waals surface area contributed by atoms with Gasteiger partial charge in [0.15, 0.2) is 0 Å². The molecule has 1 atom stereocenters. The van der Waals surface area contributed by atoms with E-state index in [1.807, 2.05) is 0 Å². The van der Waals surface area contributed by atoms with E-state index in [-0.39, 0.29) is 0 Å². The van der Waals surface area contributed by atoms with Crippen LogP contribution in [-0.4, -0.2) is 48.6 Å². The van der Waals surface area contributed by atoms with Gasteiger partial charge in [-0.1, -0.05) is 47.5 Å². The Balaban J connectivity index is 4.16. The Morgan fingerprint density at radius 2 is 1.37 bits per heavy atom. The van der Waals surface area contributed by atoms with E-state index in [0.29, 0.717) is 6.04 Å². The summed E-state index contributed by atoms with van der Waals surface area (Å²) in [5.41, 5.74) is 0. The summed E-state index contributed by atoms with van der Waals surface area (Å²) in [7, 11) is 0. The van der Waals surface area contributed by atoms with Crippen LogP contribution in [-0.2, 0) is 0 Å². The van der Waals surface area contributed by atoms with E-state index in [1.165, 1.54) is 51.7 Å². The quantitative estimate of drug-likeness (QED) is 0.494. The van der Waals surface area contributed by atoms with Gasteiger partial charge < -0.3 is 9.80 Å². The summed E-state index contributed by atoms with van der Waals surface area (Å²) >= 11 is 0. The van der Waals surface area contributed by atoms with Crippen LogP contribution in [0.4, 0.5) is 0 Å².